The highest BCUT2D eigenvalue weighted by molar-refractivity contribution is 7.09. The second kappa shape index (κ2) is 7.13. The first-order valence-electron chi connectivity index (χ1n) is 7.63. The molecular formula is C16H24N2O3S. The van der Waals surface area contributed by atoms with E-state index in [4.69, 9.17) is 4.74 Å². The van der Waals surface area contributed by atoms with Gasteiger partial charge in [0.2, 0.25) is 5.91 Å². The Morgan fingerprint density at radius 3 is 2.77 bits per heavy atom. The highest BCUT2D eigenvalue weighted by atomic mass is 32.1. The van der Waals surface area contributed by atoms with E-state index in [0.717, 1.165) is 17.7 Å². The zero-order valence-corrected chi connectivity index (χ0v) is 14.2. The molecule has 0 aromatic carbocycles. The first-order valence-corrected chi connectivity index (χ1v) is 8.51. The molecule has 0 aliphatic heterocycles. The Balaban J connectivity index is 1.72. The first kappa shape index (κ1) is 16.8. The molecule has 122 valence electrons. The van der Waals surface area contributed by atoms with Crippen LogP contribution in [0.3, 0.4) is 0 Å². The van der Waals surface area contributed by atoms with Crippen molar-refractivity contribution in [2.45, 2.75) is 58.2 Å². The molecule has 2 amide bonds. The number of thiophene rings is 1. The van der Waals surface area contributed by atoms with Gasteiger partial charge in [0.05, 0.1) is 6.54 Å². The Morgan fingerprint density at radius 1 is 1.36 bits per heavy atom. The predicted molar refractivity (Wildman–Crippen MR) is 86.7 cm³/mol. The van der Waals surface area contributed by atoms with Crippen molar-refractivity contribution in [3.8, 4) is 0 Å². The third-order valence-electron chi connectivity index (χ3n) is 3.54. The Kier molecular flexibility index (Phi) is 5.45. The highest BCUT2D eigenvalue weighted by Gasteiger charge is 2.31. The van der Waals surface area contributed by atoms with Gasteiger partial charge < -0.3 is 15.4 Å². The van der Waals surface area contributed by atoms with Gasteiger partial charge in [0.1, 0.15) is 5.60 Å². The number of ether oxygens (including phenoxy) is 1. The van der Waals surface area contributed by atoms with Gasteiger partial charge in [-0.3, -0.25) is 4.79 Å². The van der Waals surface area contributed by atoms with Crippen LogP contribution in [0.5, 0.6) is 0 Å². The minimum Gasteiger partial charge on any atom is -0.444 e. The van der Waals surface area contributed by atoms with E-state index in [9.17, 15) is 9.59 Å². The second-order valence-electron chi connectivity index (χ2n) is 6.65. The summed E-state index contributed by atoms with van der Waals surface area (Å²) < 4.78 is 5.24. The molecule has 0 radical (unpaired) electrons. The molecular weight excluding hydrogens is 300 g/mol. The summed E-state index contributed by atoms with van der Waals surface area (Å²) in [6.45, 7) is 6.09. The molecule has 1 saturated carbocycles. The van der Waals surface area contributed by atoms with Gasteiger partial charge in [0.15, 0.2) is 0 Å². The monoisotopic (exact) mass is 324 g/mol. The van der Waals surface area contributed by atoms with Gasteiger partial charge in [-0.2, -0.15) is 0 Å². The number of alkyl carbamates (subject to hydrolysis) is 1. The number of carbonyl (C=O) groups is 2. The number of amides is 2. The summed E-state index contributed by atoms with van der Waals surface area (Å²) >= 11 is 1.63. The van der Waals surface area contributed by atoms with Crippen molar-refractivity contribution in [2.24, 2.45) is 5.92 Å². The molecule has 1 fully saturated rings. The van der Waals surface area contributed by atoms with Gasteiger partial charge >= 0.3 is 6.09 Å². The molecule has 6 heteroatoms. The van der Waals surface area contributed by atoms with E-state index in [0.29, 0.717) is 13.0 Å². The zero-order valence-electron chi connectivity index (χ0n) is 13.3. The lowest BCUT2D eigenvalue weighted by Crippen LogP contribution is -2.38. The fraction of sp³-hybridized carbons (Fsp3) is 0.625. The van der Waals surface area contributed by atoms with Crippen LogP contribution >= 0.6 is 11.3 Å². The van der Waals surface area contributed by atoms with E-state index in [2.05, 4.69) is 10.6 Å². The third-order valence-corrected chi connectivity index (χ3v) is 4.42. The maximum atomic E-state index is 12.2. The quantitative estimate of drug-likeness (QED) is 0.894. The molecule has 0 spiro atoms. The van der Waals surface area contributed by atoms with Crippen LogP contribution in [0.4, 0.5) is 4.79 Å². The summed E-state index contributed by atoms with van der Waals surface area (Å²) in [5.74, 6) is 0.0433. The van der Waals surface area contributed by atoms with Crippen LogP contribution in [0.1, 0.15) is 44.9 Å². The van der Waals surface area contributed by atoms with E-state index >= 15 is 0 Å². The van der Waals surface area contributed by atoms with Crippen molar-refractivity contribution in [2.75, 3.05) is 0 Å². The number of hydrogen-bond acceptors (Lipinski definition) is 4. The molecule has 2 rings (SSSR count). The summed E-state index contributed by atoms with van der Waals surface area (Å²) in [7, 11) is 0. The van der Waals surface area contributed by atoms with Crippen LogP contribution in [0.2, 0.25) is 0 Å². The van der Waals surface area contributed by atoms with Gasteiger partial charge in [-0.15, -0.1) is 11.3 Å². The maximum absolute atomic E-state index is 12.2. The van der Waals surface area contributed by atoms with Crippen molar-refractivity contribution >= 4 is 23.3 Å². The first-order chi connectivity index (χ1) is 10.3. The van der Waals surface area contributed by atoms with Gasteiger partial charge in [-0.1, -0.05) is 6.07 Å². The van der Waals surface area contributed by atoms with Crippen LogP contribution in [-0.4, -0.2) is 23.6 Å². The van der Waals surface area contributed by atoms with Crippen molar-refractivity contribution in [1.82, 2.24) is 10.6 Å². The zero-order chi connectivity index (χ0) is 16.2. The lowest BCUT2D eigenvalue weighted by Gasteiger charge is -2.21. The summed E-state index contributed by atoms with van der Waals surface area (Å²) in [6.07, 6.45) is 1.89. The van der Waals surface area contributed by atoms with Crippen LogP contribution in [0.25, 0.3) is 0 Å². The molecule has 1 heterocycles. The molecule has 2 atom stereocenters. The van der Waals surface area contributed by atoms with E-state index in [1.165, 1.54) is 0 Å². The molecule has 1 aliphatic carbocycles. The predicted octanol–water partition coefficient (Wildman–Crippen LogP) is 3.06. The van der Waals surface area contributed by atoms with Gasteiger partial charge in [0, 0.05) is 16.8 Å². The van der Waals surface area contributed by atoms with Crippen molar-refractivity contribution in [1.29, 1.82) is 0 Å². The molecule has 0 bridgehead atoms. The van der Waals surface area contributed by atoms with Gasteiger partial charge in [-0.05, 0) is 51.5 Å². The largest absolute Gasteiger partial charge is 0.444 e. The molecule has 22 heavy (non-hydrogen) atoms. The molecule has 0 saturated heterocycles. The fourth-order valence-electron chi connectivity index (χ4n) is 2.56. The normalized spacial score (nSPS) is 21.4. The molecule has 5 nitrogen and oxygen atoms in total. The minimum atomic E-state index is -0.500. The average molecular weight is 324 g/mol. The highest BCUT2D eigenvalue weighted by Crippen LogP contribution is 2.26. The van der Waals surface area contributed by atoms with Crippen LogP contribution in [0.15, 0.2) is 17.5 Å². The maximum Gasteiger partial charge on any atom is 0.407 e. The standard InChI is InChI=1S/C16H24N2O3S/c1-16(2,3)21-15(20)18-12-7-6-11(9-12)14(19)17-10-13-5-4-8-22-13/h4-5,8,11-12H,6-7,9-10H2,1-3H3,(H,17,19)(H,18,20)/t11-,12-/m1/s1. The Labute approximate surface area is 135 Å². The minimum absolute atomic E-state index is 0.0207. The van der Waals surface area contributed by atoms with Crippen LogP contribution in [0, 0.1) is 5.92 Å². The number of carbonyl (C=O) groups excluding carboxylic acids is 2. The smallest absolute Gasteiger partial charge is 0.407 e. The number of hydrogen-bond donors (Lipinski definition) is 2. The summed E-state index contributed by atoms with van der Waals surface area (Å²) in [5, 5.41) is 7.82. The SMILES string of the molecule is CC(C)(C)OC(=O)N[C@@H]1CC[C@@H](C(=O)NCc2cccs2)C1. The van der Waals surface area contributed by atoms with E-state index < -0.39 is 11.7 Å². The van der Waals surface area contributed by atoms with Gasteiger partial charge in [-0.25, -0.2) is 4.79 Å². The van der Waals surface area contributed by atoms with Crippen molar-refractivity contribution in [3.63, 3.8) is 0 Å². The van der Waals surface area contributed by atoms with E-state index in [1.807, 2.05) is 38.3 Å². The molecule has 1 aromatic rings. The van der Waals surface area contributed by atoms with Crippen LogP contribution in [-0.2, 0) is 16.1 Å². The lowest BCUT2D eigenvalue weighted by atomic mass is 10.1. The molecule has 0 unspecified atom stereocenters. The fourth-order valence-corrected chi connectivity index (χ4v) is 3.20. The second-order valence-corrected chi connectivity index (χ2v) is 7.68. The number of nitrogens with one attached hydrogen (secondary N) is 2. The number of rotatable bonds is 4. The molecule has 1 aliphatic rings. The Hall–Kier alpha value is -1.56. The van der Waals surface area contributed by atoms with Crippen LogP contribution < -0.4 is 10.6 Å². The van der Waals surface area contributed by atoms with Crippen molar-refractivity contribution in [3.05, 3.63) is 22.4 Å². The third kappa shape index (κ3) is 5.33. The summed E-state index contributed by atoms with van der Waals surface area (Å²) in [5.41, 5.74) is -0.500. The lowest BCUT2D eigenvalue weighted by molar-refractivity contribution is -0.125. The van der Waals surface area contributed by atoms with Gasteiger partial charge in [0.25, 0.3) is 0 Å². The van der Waals surface area contributed by atoms with E-state index in [1.54, 1.807) is 11.3 Å². The van der Waals surface area contributed by atoms with E-state index in [-0.39, 0.29) is 17.9 Å². The average Bonchev–Trinajstić information content (AvgIpc) is 3.04. The molecule has 1 aromatic heterocycles. The topological polar surface area (TPSA) is 67.4 Å². The summed E-state index contributed by atoms with van der Waals surface area (Å²) in [4.78, 5) is 25.0. The summed E-state index contributed by atoms with van der Waals surface area (Å²) in [6, 6.07) is 4.00. The molecule has 2 N–H and O–H groups in total. The van der Waals surface area contributed by atoms with Crippen molar-refractivity contribution < 1.29 is 14.3 Å². The Morgan fingerprint density at radius 2 is 2.14 bits per heavy atom. The Bertz CT molecular complexity index is 508.